The summed E-state index contributed by atoms with van der Waals surface area (Å²) in [7, 11) is 0. The van der Waals surface area contributed by atoms with Gasteiger partial charge in [0, 0.05) is 23.4 Å². The molecule has 0 spiro atoms. The van der Waals surface area contributed by atoms with Crippen molar-refractivity contribution in [3.8, 4) is 17.2 Å². The molecule has 0 aliphatic heterocycles. The van der Waals surface area contributed by atoms with Crippen LogP contribution in [0.5, 0.6) is 17.2 Å². The number of aliphatic imine (C=N–C) groups is 1. The third-order valence-electron chi connectivity index (χ3n) is 2.79. The Kier molecular flexibility index (Phi) is 10.3. The van der Waals surface area contributed by atoms with E-state index in [1.807, 2.05) is 0 Å². The number of benzene rings is 2. The van der Waals surface area contributed by atoms with Gasteiger partial charge in [-0.25, -0.2) is 4.99 Å². The molecule has 2 rings (SSSR count). The van der Waals surface area contributed by atoms with Gasteiger partial charge in [-0.1, -0.05) is 23.9 Å². The summed E-state index contributed by atoms with van der Waals surface area (Å²) in [5.41, 5.74) is 1.01. The second-order valence-corrected chi connectivity index (χ2v) is 5.16. The molecule has 0 saturated heterocycles. The number of aromatic hydroxyl groups is 3. The topological polar surface area (TPSA) is 126 Å². The van der Waals surface area contributed by atoms with Crippen LogP contribution in [0.4, 0.5) is 0 Å². The van der Waals surface area contributed by atoms with Gasteiger partial charge in [0.25, 0.3) is 0 Å². The fourth-order valence-electron chi connectivity index (χ4n) is 1.62. The molecule has 0 fully saturated rings. The third kappa shape index (κ3) is 7.02. The normalized spacial score (nSPS) is 11.3. The van der Waals surface area contributed by atoms with Crippen molar-refractivity contribution in [2.24, 2.45) is 15.2 Å². The molecule has 25 heavy (non-hydrogen) atoms. The van der Waals surface area contributed by atoms with Gasteiger partial charge in [0.2, 0.25) is 5.17 Å². The molecule has 0 amide bonds. The molecule has 3 N–H and O–H groups in total. The molecule has 0 aliphatic carbocycles. The number of hydrogen-bond acceptors (Lipinski definition) is 6. The summed E-state index contributed by atoms with van der Waals surface area (Å²) in [5, 5.41) is 36.7. The van der Waals surface area contributed by atoms with E-state index in [4.69, 9.17) is 0 Å². The fourth-order valence-corrected chi connectivity index (χ4v) is 1.91. The van der Waals surface area contributed by atoms with E-state index in [1.165, 1.54) is 42.4 Å². The first kappa shape index (κ1) is 22.7. The molecule has 0 saturated carbocycles. The van der Waals surface area contributed by atoms with Crippen LogP contribution in [-0.4, -0.2) is 39.2 Å². The van der Waals surface area contributed by atoms with Crippen molar-refractivity contribution in [2.75, 3.05) is 6.26 Å². The van der Waals surface area contributed by atoms with E-state index in [2.05, 4.69) is 15.2 Å². The molecule has 7 nitrogen and oxygen atoms in total. The monoisotopic (exact) mass is 396 g/mol. The van der Waals surface area contributed by atoms with Crippen LogP contribution < -0.4 is 0 Å². The van der Waals surface area contributed by atoms with E-state index in [-0.39, 0.29) is 41.3 Å². The Hall–Kier alpha value is -2.26. The van der Waals surface area contributed by atoms with E-state index in [0.29, 0.717) is 16.3 Å². The molecule has 2 aromatic carbocycles. The molecular formula is C16H15N3O4SV+2. The first-order valence-corrected chi connectivity index (χ1v) is 7.81. The standard InChI is InChI=1S/C16H15N3O3S.O.V/c1-23-16(17-9-11-4-2-3-5-14(11)21)19-18-10-12-6-7-13(20)8-15(12)22;;/h2-10,20-22H,1H3;;/q;-2;+4/b17-9+,18-10+,19-16+;;. The number of hydrogen-bond donors (Lipinski definition) is 3. The predicted molar refractivity (Wildman–Crippen MR) is 94.7 cm³/mol. The van der Waals surface area contributed by atoms with Crippen LogP contribution in [0.3, 0.4) is 0 Å². The first-order chi connectivity index (χ1) is 11.1. The Balaban J connectivity index is 0.00000288. The summed E-state index contributed by atoms with van der Waals surface area (Å²) in [6, 6.07) is 11.0. The SMILES string of the molecule is CSC(/N=C/c1ccccc1O)=N/N=C/c1ccc(O)cc1O.[O-2].[V+4]. The Labute approximate surface area is 161 Å². The van der Waals surface area contributed by atoms with E-state index in [9.17, 15) is 15.3 Å². The minimum absolute atomic E-state index is 0. The zero-order valence-electron chi connectivity index (χ0n) is 13.1. The minimum Gasteiger partial charge on any atom is -2.00 e. The summed E-state index contributed by atoms with van der Waals surface area (Å²) in [6.45, 7) is 0. The van der Waals surface area contributed by atoms with Crippen molar-refractivity contribution in [1.29, 1.82) is 0 Å². The maximum absolute atomic E-state index is 9.66. The number of para-hydroxylation sites is 1. The van der Waals surface area contributed by atoms with Crippen LogP contribution in [0.1, 0.15) is 11.1 Å². The summed E-state index contributed by atoms with van der Waals surface area (Å²) in [4.78, 5) is 4.15. The maximum Gasteiger partial charge on any atom is 4.00 e. The van der Waals surface area contributed by atoms with Gasteiger partial charge in [-0.05, 0) is 30.5 Å². The number of thioether (sulfide) groups is 1. The van der Waals surface area contributed by atoms with Gasteiger partial charge in [-0.2, -0.15) is 5.10 Å². The molecule has 127 valence electrons. The van der Waals surface area contributed by atoms with Crippen molar-refractivity contribution in [3.05, 3.63) is 53.6 Å². The summed E-state index contributed by atoms with van der Waals surface area (Å²) in [5.74, 6) is 0.0156. The van der Waals surface area contributed by atoms with Gasteiger partial charge in [0.15, 0.2) is 0 Å². The molecular weight excluding hydrogens is 381 g/mol. The van der Waals surface area contributed by atoms with E-state index in [1.54, 1.807) is 30.5 Å². The smallest absolute Gasteiger partial charge is 2.00 e. The Morgan fingerprint density at radius 3 is 2.28 bits per heavy atom. The number of phenols is 3. The molecule has 0 bridgehead atoms. The molecule has 0 atom stereocenters. The van der Waals surface area contributed by atoms with Crippen LogP contribution in [0.25, 0.3) is 0 Å². The van der Waals surface area contributed by atoms with Gasteiger partial charge >= 0.3 is 18.6 Å². The number of nitrogens with zero attached hydrogens (tertiary/aromatic N) is 3. The molecule has 0 heterocycles. The second kappa shape index (κ2) is 11.3. The van der Waals surface area contributed by atoms with Crippen LogP contribution >= 0.6 is 11.8 Å². The quantitative estimate of drug-likeness (QED) is 0.419. The van der Waals surface area contributed by atoms with Gasteiger partial charge in [-0.3, -0.25) is 0 Å². The van der Waals surface area contributed by atoms with Crippen LogP contribution in [0.15, 0.2) is 57.7 Å². The Bertz CT molecular complexity index is 782. The summed E-state index contributed by atoms with van der Waals surface area (Å²) < 4.78 is 0. The average Bonchev–Trinajstić information content (AvgIpc) is 2.54. The molecule has 1 radical (unpaired) electrons. The molecule has 2 aromatic rings. The van der Waals surface area contributed by atoms with Crippen LogP contribution in [-0.2, 0) is 24.0 Å². The summed E-state index contributed by atoms with van der Waals surface area (Å²) in [6.07, 6.45) is 4.66. The average molecular weight is 396 g/mol. The van der Waals surface area contributed by atoms with Gasteiger partial charge in [0.05, 0.1) is 6.21 Å². The Morgan fingerprint density at radius 1 is 0.960 bits per heavy atom. The minimum atomic E-state index is -0.0904. The van der Waals surface area contributed by atoms with Gasteiger partial charge < -0.3 is 20.8 Å². The fraction of sp³-hybridized carbons (Fsp3) is 0.0625. The van der Waals surface area contributed by atoms with Crippen molar-refractivity contribution >= 4 is 29.4 Å². The van der Waals surface area contributed by atoms with E-state index < -0.39 is 0 Å². The van der Waals surface area contributed by atoms with Gasteiger partial charge in [-0.15, -0.1) is 5.10 Å². The van der Waals surface area contributed by atoms with Crippen molar-refractivity contribution in [2.45, 2.75) is 0 Å². The Morgan fingerprint density at radius 2 is 1.64 bits per heavy atom. The second-order valence-electron chi connectivity index (χ2n) is 4.39. The summed E-state index contributed by atoms with van der Waals surface area (Å²) >= 11 is 1.29. The third-order valence-corrected chi connectivity index (χ3v) is 3.34. The van der Waals surface area contributed by atoms with Crippen LogP contribution in [0, 0.1) is 0 Å². The number of rotatable bonds is 3. The van der Waals surface area contributed by atoms with Crippen molar-refractivity contribution < 1.29 is 39.4 Å². The van der Waals surface area contributed by atoms with E-state index in [0.717, 1.165) is 0 Å². The molecule has 0 aromatic heterocycles. The molecule has 0 aliphatic rings. The van der Waals surface area contributed by atoms with Crippen molar-refractivity contribution in [1.82, 2.24) is 0 Å². The van der Waals surface area contributed by atoms with Crippen molar-refractivity contribution in [3.63, 3.8) is 0 Å². The zero-order chi connectivity index (χ0) is 16.7. The maximum atomic E-state index is 9.66. The first-order valence-electron chi connectivity index (χ1n) is 6.59. The zero-order valence-corrected chi connectivity index (χ0v) is 15.4. The molecule has 0 unspecified atom stereocenters. The number of phenolic OH excluding ortho intramolecular Hbond substituents is 3. The van der Waals surface area contributed by atoms with Gasteiger partial charge in [0.1, 0.15) is 17.2 Å². The molecule has 9 heteroatoms. The van der Waals surface area contributed by atoms with Crippen LogP contribution in [0.2, 0.25) is 0 Å². The number of amidine groups is 1. The largest absolute Gasteiger partial charge is 4.00 e. The van der Waals surface area contributed by atoms with E-state index >= 15 is 0 Å². The predicted octanol–water partition coefficient (Wildman–Crippen LogP) is 2.85.